The molecule has 0 radical (unpaired) electrons. The highest BCUT2D eigenvalue weighted by Crippen LogP contribution is 2.32. The summed E-state index contributed by atoms with van der Waals surface area (Å²) in [6, 6.07) is 6.73. The van der Waals surface area contributed by atoms with Crippen LogP contribution in [0.1, 0.15) is 36.5 Å². The summed E-state index contributed by atoms with van der Waals surface area (Å²) in [6.45, 7) is 4.49. The highest BCUT2D eigenvalue weighted by molar-refractivity contribution is 5.97. The third kappa shape index (κ3) is 4.14. The Hall–Kier alpha value is -3.03. The molecule has 0 spiro atoms. The zero-order valence-electron chi connectivity index (χ0n) is 14.7. The van der Waals surface area contributed by atoms with E-state index in [2.05, 4.69) is 15.5 Å². The SMILES string of the molecule is CCCc1cc(C(=O)OC(C)C(=O)Nc2ccc3c(c2)OCCO3)n[nH]1. The third-order valence-corrected chi connectivity index (χ3v) is 3.82. The fourth-order valence-corrected chi connectivity index (χ4v) is 2.50. The molecule has 0 saturated carbocycles. The second kappa shape index (κ2) is 7.90. The summed E-state index contributed by atoms with van der Waals surface area (Å²) < 4.78 is 16.1. The van der Waals surface area contributed by atoms with Gasteiger partial charge in [0.15, 0.2) is 23.3 Å². The predicted octanol–water partition coefficient (Wildman–Crippen LogP) is 2.32. The normalized spacial score (nSPS) is 13.8. The number of fused-ring (bicyclic) bond motifs is 1. The molecular formula is C18H21N3O5. The summed E-state index contributed by atoms with van der Waals surface area (Å²) in [6.07, 6.45) is 0.757. The molecule has 138 valence electrons. The molecule has 8 nitrogen and oxygen atoms in total. The van der Waals surface area contributed by atoms with Crippen LogP contribution in [0.15, 0.2) is 24.3 Å². The molecule has 0 aliphatic carbocycles. The summed E-state index contributed by atoms with van der Waals surface area (Å²) in [5.41, 5.74) is 1.55. The van der Waals surface area contributed by atoms with Crippen LogP contribution in [-0.2, 0) is 16.0 Å². The molecule has 1 aromatic heterocycles. The van der Waals surface area contributed by atoms with Gasteiger partial charge in [0.05, 0.1) is 0 Å². The number of nitrogens with one attached hydrogen (secondary N) is 2. The second-order valence-corrected chi connectivity index (χ2v) is 5.92. The van der Waals surface area contributed by atoms with Crippen LogP contribution in [0.5, 0.6) is 11.5 Å². The number of carbonyl (C=O) groups excluding carboxylic acids is 2. The van der Waals surface area contributed by atoms with Gasteiger partial charge >= 0.3 is 5.97 Å². The van der Waals surface area contributed by atoms with Crippen LogP contribution < -0.4 is 14.8 Å². The van der Waals surface area contributed by atoms with E-state index in [1.807, 2.05) is 6.92 Å². The molecule has 1 aromatic carbocycles. The van der Waals surface area contributed by atoms with Crippen LogP contribution >= 0.6 is 0 Å². The van der Waals surface area contributed by atoms with Crippen molar-refractivity contribution in [3.8, 4) is 11.5 Å². The van der Waals surface area contributed by atoms with E-state index in [9.17, 15) is 9.59 Å². The first-order valence-electron chi connectivity index (χ1n) is 8.52. The Morgan fingerprint density at radius 2 is 2.04 bits per heavy atom. The Morgan fingerprint density at radius 1 is 1.27 bits per heavy atom. The number of nitrogens with zero attached hydrogens (tertiary/aromatic N) is 1. The summed E-state index contributed by atoms with van der Waals surface area (Å²) in [4.78, 5) is 24.4. The molecule has 1 amide bonds. The first-order valence-corrected chi connectivity index (χ1v) is 8.52. The fourth-order valence-electron chi connectivity index (χ4n) is 2.50. The molecule has 0 saturated heterocycles. The van der Waals surface area contributed by atoms with E-state index >= 15 is 0 Å². The Balaban J connectivity index is 1.58. The molecule has 2 heterocycles. The summed E-state index contributed by atoms with van der Waals surface area (Å²) in [7, 11) is 0. The van der Waals surface area contributed by atoms with Crippen molar-refractivity contribution in [1.82, 2.24) is 10.2 Å². The first-order chi connectivity index (χ1) is 12.6. The molecular weight excluding hydrogens is 338 g/mol. The summed E-state index contributed by atoms with van der Waals surface area (Å²) in [5.74, 6) is 0.113. The van der Waals surface area contributed by atoms with E-state index < -0.39 is 18.0 Å². The minimum Gasteiger partial charge on any atom is -0.486 e. The van der Waals surface area contributed by atoms with Crippen LogP contribution in [0.4, 0.5) is 5.69 Å². The van der Waals surface area contributed by atoms with Gasteiger partial charge in [-0.05, 0) is 31.5 Å². The van der Waals surface area contributed by atoms with E-state index in [1.54, 1.807) is 24.3 Å². The maximum atomic E-state index is 12.3. The van der Waals surface area contributed by atoms with Crippen molar-refractivity contribution in [3.05, 3.63) is 35.7 Å². The van der Waals surface area contributed by atoms with E-state index in [0.717, 1.165) is 18.5 Å². The molecule has 1 aliphatic heterocycles. The lowest BCUT2D eigenvalue weighted by atomic mass is 10.2. The van der Waals surface area contributed by atoms with Crippen LogP contribution in [0.2, 0.25) is 0 Å². The number of benzene rings is 1. The largest absolute Gasteiger partial charge is 0.486 e. The number of esters is 1. The van der Waals surface area contributed by atoms with Crippen molar-refractivity contribution in [3.63, 3.8) is 0 Å². The molecule has 26 heavy (non-hydrogen) atoms. The minimum atomic E-state index is -0.970. The van der Waals surface area contributed by atoms with Gasteiger partial charge in [-0.15, -0.1) is 0 Å². The number of aromatic nitrogens is 2. The van der Waals surface area contributed by atoms with Crippen LogP contribution in [-0.4, -0.2) is 41.4 Å². The van der Waals surface area contributed by atoms with Crippen molar-refractivity contribution >= 4 is 17.6 Å². The third-order valence-electron chi connectivity index (χ3n) is 3.82. The van der Waals surface area contributed by atoms with Crippen LogP contribution in [0.3, 0.4) is 0 Å². The smallest absolute Gasteiger partial charge is 0.359 e. The number of hydrogen-bond donors (Lipinski definition) is 2. The molecule has 1 unspecified atom stereocenters. The average molecular weight is 359 g/mol. The monoisotopic (exact) mass is 359 g/mol. The lowest BCUT2D eigenvalue weighted by Gasteiger charge is -2.19. The number of aromatic amines is 1. The van der Waals surface area contributed by atoms with Gasteiger partial charge in [0.2, 0.25) is 0 Å². The number of ether oxygens (including phenoxy) is 3. The Labute approximate surface area is 150 Å². The van der Waals surface area contributed by atoms with Crippen molar-refractivity contribution in [2.45, 2.75) is 32.8 Å². The van der Waals surface area contributed by atoms with Gasteiger partial charge in [0, 0.05) is 17.4 Å². The van der Waals surface area contributed by atoms with Gasteiger partial charge in [-0.1, -0.05) is 13.3 Å². The Bertz CT molecular complexity index is 802. The van der Waals surface area contributed by atoms with Gasteiger partial charge < -0.3 is 19.5 Å². The van der Waals surface area contributed by atoms with Gasteiger partial charge in [0.1, 0.15) is 13.2 Å². The Morgan fingerprint density at radius 3 is 2.81 bits per heavy atom. The number of H-pyrrole nitrogens is 1. The molecule has 0 bridgehead atoms. The number of anilines is 1. The van der Waals surface area contributed by atoms with Gasteiger partial charge in [-0.25, -0.2) is 4.79 Å². The quantitative estimate of drug-likeness (QED) is 0.768. The zero-order chi connectivity index (χ0) is 18.5. The van der Waals surface area contributed by atoms with E-state index in [4.69, 9.17) is 14.2 Å². The van der Waals surface area contributed by atoms with Gasteiger partial charge in [-0.3, -0.25) is 9.89 Å². The molecule has 0 fully saturated rings. The first kappa shape index (κ1) is 17.8. The van der Waals surface area contributed by atoms with Crippen molar-refractivity contribution in [2.24, 2.45) is 0 Å². The molecule has 1 aliphatic rings. The topological polar surface area (TPSA) is 103 Å². The lowest BCUT2D eigenvalue weighted by Crippen LogP contribution is -2.30. The van der Waals surface area contributed by atoms with E-state index in [0.29, 0.717) is 30.4 Å². The predicted molar refractivity (Wildman–Crippen MR) is 93.5 cm³/mol. The van der Waals surface area contributed by atoms with E-state index in [-0.39, 0.29) is 5.69 Å². The molecule has 3 rings (SSSR count). The van der Waals surface area contributed by atoms with Crippen LogP contribution in [0.25, 0.3) is 0 Å². The highest BCUT2D eigenvalue weighted by atomic mass is 16.6. The molecule has 1 atom stereocenters. The second-order valence-electron chi connectivity index (χ2n) is 5.92. The van der Waals surface area contributed by atoms with Gasteiger partial charge in [-0.2, -0.15) is 5.10 Å². The average Bonchev–Trinajstić information content (AvgIpc) is 3.10. The number of carbonyl (C=O) groups is 2. The van der Waals surface area contributed by atoms with Crippen molar-refractivity contribution in [2.75, 3.05) is 18.5 Å². The maximum absolute atomic E-state index is 12.3. The highest BCUT2D eigenvalue weighted by Gasteiger charge is 2.21. The summed E-state index contributed by atoms with van der Waals surface area (Å²) in [5, 5.41) is 9.39. The molecule has 8 heteroatoms. The maximum Gasteiger partial charge on any atom is 0.359 e. The Kier molecular flexibility index (Phi) is 5.40. The summed E-state index contributed by atoms with van der Waals surface area (Å²) >= 11 is 0. The lowest BCUT2D eigenvalue weighted by molar-refractivity contribution is -0.123. The standard InChI is InChI=1S/C18H21N3O5/c1-3-4-13-9-14(21-20-13)18(23)26-11(2)17(22)19-12-5-6-15-16(10-12)25-8-7-24-15/h5-6,9-11H,3-4,7-8H2,1-2H3,(H,19,22)(H,20,21). The number of aryl methyl sites for hydroxylation is 1. The van der Waals surface area contributed by atoms with Gasteiger partial charge in [0.25, 0.3) is 5.91 Å². The van der Waals surface area contributed by atoms with E-state index in [1.165, 1.54) is 6.92 Å². The van der Waals surface area contributed by atoms with Crippen molar-refractivity contribution in [1.29, 1.82) is 0 Å². The molecule has 2 N–H and O–H groups in total. The molecule has 2 aromatic rings. The number of hydrogen-bond acceptors (Lipinski definition) is 6. The number of rotatable bonds is 6. The minimum absolute atomic E-state index is 0.160. The number of amides is 1. The fraction of sp³-hybridized carbons (Fsp3) is 0.389. The zero-order valence-corrected chi connectivity index (χ0v) is 14.7. The van der Waals surface area contributed by atoms with Crippen molar-refractivity contribution < 1.29 is 23.8 Å². The van der Waals surface area contributed by atoms with Crippen LogP contribution in [0, 0.1) is 0 Å².